The minimum absolute atomic E-state index is 0.534. The topological polar surface area (TPSA) is 0 Å². The molecule has 2 aromatic rings. The van der Waals surface area contributed by atoms with E-state index in [4.69, 9.17) is 0 Å². The van der Waals surface area contributed by atoms with E-state index in [1.807, 2.05) is 0 Å². The Balaban J connectivity index is 1.86. The molecular formula is C23H26S. The van der Waals surface area contributed by atoms with Crippen LogP contribution in [-0.4, -0.2) is 12.5 Å². The summed E-state index contributed by atoms with van der Waals surface area (Å²) < 4.78 is 0. The molecule has 24 heavy (non-hydrogen) atoms. The lowest BCUT2D eigenvalue weighted by atomic mass is 10.0. The summed E-state index contributed by atoms with van der Waals surface area (Å²) in [6.45, 7) is 7.06. The zero-order valence-electron chi connectivity index (χ0n) is 15.3. The first-order chi connectivity index (χ1) is 11.4. The zero-order valence-corrected chi connectivity index (χ0v) is 16.1. The Labute approximate surface area is 147 Å². The molecule has 4 rings (SSSR count). The molecule has 2 aliphatic rings. The average Bonchev–Trinajstić information content (AvgIpc) is 3.02. The van der Waals surface area contributed by atoms with E-state index >= 15 is 0 Å². The highest BCUT2D eigenvalue weighted by Crippen LogP contribution is 2.71. The van der Waals surface area contributed by atoms with E-state index in [0.717, 1.165) is 0 Å². The maximum Gasteiger partial charge on any atom is 0.0387 e. The Hall–Kier alpha value is -1.73. The standard InChI is InChI=1S/C23H26S/c1-15-14-18-10-6-7-13-21(18)22(15)24(4,5)23-16(2)19-11-8-9-12-20(19)17(23)3/h6-14,16,22H,1-5H3. The van der Waals surface area contributed by atoms with Gasteiger partial charge in [0.05, 0.1) is 0 Å². The first kappa shape index (κ1) is 15.8. The Morgan fingerprint density at radius 1 is 0.833 bits per heavy atom. The molecular weight excluding hydrogens is 308 g/mol. The van der Waals surface area contributed by atoms with Crippen LogP contribution < -0.4 is 0 Å². The second kappa shape index (κ2) is 5.39. The molecule has 0 saturated carbocycles. The average molecular weight is 335 g/mol. The van der Waals surface area contributed by atoms with E-state index in [1.165, 1.54) is 33.4 Å². The van der Waals surface area contributed by atoms with Crippen LogP contribution in [-0.2, 0) is 0 Å². The van der Waals surface area contributed by atoms with Gasteiger partial charge in [-0.3, -0.25) is 0 Å². The first-order valence-corrected chi connectivity index (χ1v) is 11.2. The fraction of sp³-hybridized carbons (Fsp3) is 0.304. The van der Waals surface area contributed by atoms with Crippen LogP contribution in [0.4, 0.5) is 0 Å². The van der Waals surface area contributed by atoms with E-state index in [9.17, 15) is 0 Å². The van der Waals surface area contributed by atoms with Crippen LogP contribution in [0, 0.1) is 0 Å². The molecule has 0 saturated heterocycles. The molecule has 0 aromatic heterocycles. The molecule has 124 valence electrons. The molecule has 2 atom stereocenters. The lowest BCUT2D eigenvalue weighted by Gasteiger charge is -2.43. The van der Waals surface area contributed by atoms with Gasteiger partial charge in [0.15, 0.2) is 0 Å². The summed E-state index contributed by atoms with van der Waals surface area (Å²) in [6, 6.07) is 17.9. The van der Waals surface area contributed by atoms with Crippen LogP contribution in [0.5, 0.6) is 0 Å². The van der Waals surface area contributed by atoms with Gasteiger partial charge in [-0.15, -0.1) is 0 Å². The molecule has 2 aliphatic carbocycles. The van der Waals surface area contributed by atoms with Gasteiger partial charge in [-0.25, -0.2) is 10.0 Å². The third-order valence-electron chi connectivity index (χ3n) is 5.83. The van der Waals surface area contributed by atoms with Crippen molar-refractivity contribution in [1.82, 2.24) is 0 Å². The molecule has 0 bridgehead atoms. The summed E-state index contributed by atoms with van der Waals surface area (Å²) in [6.07, 6.45) is 7.45. The highest BCUT2D eigenvalue weighted by Gasteiger charge is 2.40. The van der Waals surface area contributed by atoms with Crippen LogP contribution in [0.3, 0.4) is 0 Å². The molecule has 2 unspecified atom stereocenters. The van der Waals surface area contributed by atoms with Gasteiger partial charge in [-0.2, -0.15) is 0 Å². The number of benzene rings is 2. The fourth-order valence-corrected chi connectivity index (χ4v) is 9.06. The number of hydrogen-bond donors (Lipinski definition) is 0. The van der Waals surface area contributed by atoms with Crippen molar-refractivity contribution in [3.05, 3.63) is 81.3 Å². The third-order valence-corrected chi connectivity index (χ3v) is 9.42. The summed E-state index contributed by atoms with van der Waals surface area (Å²) in [5, 5.41) is 0.551. The predicted octanol–water partition coefficient (Wildman–Crippen LogP) is 6.76. The Morgan fingerprint density at radius 3 is 2.17 bits per heavy atom. The summed E-state index contributed by atoms with van der Waals surface area (Å²) in [5.74, 6) is 0.534. The van der Waals surface area contributed by atoms with Crippen LogP contribution in [0.25, 0.3) is 11.6 Å². The van der Waals surface area contributed by atoms with Gasteiger partial charge >= 0.3 is 0 Å². The van der Waals surface area contributed by atoms with E-state index in [1.54, 1.807) is 4.91 Å². The molecule has 0 radical (unpaired) electrons. The van der Waals surface area contributed by atoms with Gasteiger partial charge in [0.25, 0.3) is 0 Å². The second-order valence-electron chi connectivity index (χ2n) is 7.60. The van der Waals surface area contributed by atoms with Crippen LogP contribution in [0.2, 0.25) is 0 Å². The Kier molecular flexibility index (Phi) is 3.54. The fourth-order valence-electron chi connectivity index (χ4n) is 5.02. The molecule has 0 N–H and O–H groups in total. The van der Waals surface area contributed by atoms with Gasteiger partial charge in [-0.1, -0.05) is 67.1 Å². The molecule has 0 nitrogen and oxygen atoms in total. The maximum absolute atomic E-state index is 2.53. The van der Waals surface area contributed by atoms with Crippen LogP contribution in [0.15, 0.2) is 59.0 Å². The van der Waals surface area contributed by atoms with Gasteiger partial charge < -0.3 is 0 Å². The van der Waals surface area contributed by atoms with Crippen molar-refractivity contribution < 1.29 is 0 Å². The summed E-state index contributed by atoms with van der Waals surface area (Å²) in [5.41, 5.74) is 8.97. The first-order valence-electron chi connectivity index (χ1n) is 8.72. The Morgan fingerprint density at radius 2 is 1.46 bits per heavy atom. The minimum Gasteiger partial charge on any atom is -0.212 e. The van der Waals surface area contributed by atoms with E-state index in [-0.39, 0.29) is 0 Å². The highest BCUT2D eigenvalue weighted by molar-refractivity contribution is 8.36. The summed E-state index contributed by atoms with van der Waals surface area (Å²) >= 11 is 0. The molecule has 0 aliphatic heterocycles. The zero-order chi connectivity index (χ0) is 17.1. The Bertz CT molecular complexity index is 882. The molecule has 2 aromatic carbocycles. The maximum atomic E-state index is 2.53. The van der Waals surface area contributed by atoms with Crippen molar-refractivity contribution in [3.8, 4) is 0 Å². The second-order valence-corrected chi connectivity index (χ2v) is 11.3. The van der Waals surface area contributed by atoms with E-state index in [2.05, 4.69) is 87.9 Å². The molecule has 0 fully saturated rings. The summed E-state index contributed by atoms with van der Waals surface area (Å²) in [7, 11) is -0.956. The van der Waals surface area contributed by atoms with Crippen molar-refractivity contribution in [3.63, 3.8) is 0 Å². The number of rotatable bonds is 2. The number of fused-ring (bicyclic) bond motifs is 2. The van der Waals surface area contributed by atoms with E-state index in [0.29, 0.717) is 11.2 Å². The van der Waals surface area contributed by atoms with Crippen molar-refractivity contribution in [1.29, 1.82) is 0 Å². The van der Waals surface area contributed by atoms with Crippen molar-refractivity contribution >= 4 is 21.7 Å². The van der Waals surface area contributed by atoms with Crippen molar-refractivity contribution in [2.24, 2.45) is 0 Å². The molecule has 0 heterocycles. The van der Waals surface area contributed by atoms with Gasteiger partial charge in [0.2, 0.25) is 0 Å². The minimum atomic E-state index is -0.956. The summed E-state index contributed by atoms with van der Waals surface area (Å²) in [4.78, 5) is 1.69. The lowest BCUT2D eigenvalue weighted by molar-refractivity contribution is 0.965. The van der Waals surface area contributed by atoms with Gasteiger partial charge in [-0.05, 0) is 59.1 Å². The third kappa shape index (κ3) is 2.07. The van der Waals surface area contributed by atoms with Crippen LogP contribution in [0.1, 0.15) is 54.2 Å². The van der Waals surface area contributed by atoms with Crippen molar-refractivity contribution in [2.75, 3.05) is 12.5 Å². The smallest absolute Gasteiger partial charge is 0.0387 e. The molecule has 1 heteroatoms. The van der Waals surface area contributed by atoms with Crippen molar-refractivity contribution in [2.45, 2.75) is 31.9 Å². The quantitative estimate of drug-likeness (QED) is 0.569. The SMILES string of the molecule is CC1=Cc2ccccc2C1S(C)(C)C1=C(C)c2ccccc2C1C. The number of allylic oxidation sites excluding steroid dienone is 2. The number of hydrogen-bond acceptors (Lipinski definition) is 0. The van der Waals surface area contributed by atoms with Crippen LogP contribution >= 0.6 is 10.0 Å². The largest absolute Gasteiger partial charge is 0.212 e. The predicted molar refractivity (Wildman–Crippen MR) is 110 cm³/mol. The van der Waals surface area contributed by atoms with Gasteiger partial charge in [0, 0.05) is 11.2 Å². The van der Waals surface area contributed by atoms with E-state index < -0.39 is 10.0 Å². The molecule has 0 amide bonds. The lowest BCUT2D eigenvalue weighted by Crippen LogP contribution is -2.13. The molecule has 0 spiro atoms. The normalized spacial score (nSPS) is 23.1. The monoisotopic (exact) mass is 334 g/mol. The van der Waals surface area contributed by atoms with Gasteiger partial charge in [0.1, 0.15) is 0 Å². The highest BCUT2D eigenvalue weighted by atomic mass is 32.3.